The molecule has 0 spiro atoms. The number of esters is 2. The number of hydrogen-bond acceptors (Lipinski definition) is 8. The van der Waals surface area contributed by atoms with Gasteiger partial charge < -0.3 is 19.9 Å². The summed E-state index contributed by atoms with van der Waals surface area (Å²) in [6, 6.07) is 16.0. The molecule has 0 bridgehead atoms. The molecular formula is C27H24N2O9. The number of aliphatic carboxylic acids is 1. The summed E-state index contributed by atoms with van der Waals surface area (Å²) in [6.07, 6.45) is -4.39. The smallest absolute Gasteiger partial charge is 0.349 e. The van der Waals surface area contributed by atoms with Crippen molar-refractivity contribution in [3.8, 4) is 0 Å². The third-order valence-electron chi connectivity index (χ3n) is 5.44. The first kappa shape index (κ1) is 27.5. The van der Waals surface area contributed by atoms with Gasteiger partial charge in [-0.25, -0.2) is 14.4 Å². The van der Waals surface area contributed by atoms with E-state index in [0.717, 1.165) is 6.07 Å². The fraction of sp³-hybridized carbons (Fsp3) is 0.185. The maximum Gasteiger partial charge on any atom is 0.349 e. The van der Waals surface area contributed by atoms with Crippen molar-refractivity contribution in [2.45, 2.75) is 33.0 Å². The predicted molar refractivity (Wildman–Crippen MR) is 135 cm³/mol. The lowest BCUT2D eigenvalue weighted by atomic mass is 10.1. The highest BCUT2D eigenvalue weighted by Gasteiger charge is 2.41. The van der Waals surface area contributed by atoms with Crippen molar-refractivity contribution in [3.05, 3.63) is 105 Å². The van der Waals surface area contributed by atoms with Gasteiger partial charge in [0, 0.05) is 12.1 Å². The Bertz CT molecular complexity index is 1420. The number of carboxylic acids is 1. The van der Waals surface area contributed by atoms with E-state index >= 15 is 0 Å². The zero-order valence-electron chi connectivity index (χ0n) is 20.7. The minimum Gasteiger partial charge on any atom is -0.478 e. The summed E-state index contributed by atoms with van der Waals surface area (Å²) in [6.45, 7) is 4.99. The number of nitrogens with zero attached hydrogens (tertiary/aromatic N) is 1. The molecule has 0 saturated carbocycles. The Morgan fingerprint density at radius 3 is 1.82 bits per heavy atom. The number of amides is 1. The first-order chi connectivity index (χ1) is 18.0. The van der Waals surface area contributed by atoms with Crippen LogP contribution in [-0.2, 0) is 19.1 Å². The summed E-state index contributed by atoms with van der Waals surface area (Å²) >= 11 is 0. The molecule has 0 unspecified atom stereocenters. The maximum atomic E-state index is 13.3. The van der Waals surface area contributed by atoms with E-state index in [1.807, 2.05) is 0 Å². The SMILES string of the molecule is Cc1cccc(C(=O)O[C@H](C(=O)O)[C@@H](OC(=O)c2cccc(C)c2)C(=O)Nc2cc([N+](=O)[O-])ccc2C)c1. The summed E-state index contributed by atoms with van der Waals surface area (Å²) < 4.78 is 10.4. The number of carbonyl (C=O) groups excluding carboxylic acids is 3. The van der Waals surface area contributed by atoms with Gasteiger partial charge in [-0.3, -0.25) is 14.9 Å². The first-order valence-corrected chi connectivity index (χ1v) is 11.3. The van der Waals surface area contributed by atoms with Gasteiger partial charge in [-0.05, 0) is 50.6 Å². The predicted octanol–water partition coefficient (Wildman–Crippen LogP) is 3.99. The molecule has 3 rings (SSSR count). The number of ether oxygens (including phenoxy) is 2. The molecule has 1 amide bonds. The van der Waals surface area contributed by atoms with E-state index < -0.39 is 40.9 Å². The fourth-order valence-corrected chi connectivity index (χ4v) is 3.47. The second-order valence-electron chi connectivity index (χ2n) is 8.47. The van der Waals surface area contributed by atoms with Gasteiger partial charge >= 0.3 is 17.9 Å². The van der Waals surface area contributed by atoms with Gasteiger partial charge in [-0.1, -0.05) is 41.5 Å². The normalized spacial score (nSPS) is 12.1. The largest absolute Gasteiger partial charge is 0.478 e. The Morgan fingerprint density at radius 2 is 1.34 bits per heavy atom. The van der Waals surface area contributed by atoms with Crippen LogP contribution in [0.3, 0.4) is 0 Å². The van der Waals surface area contributed by atoms with Crippen LogP contribution in [-0.4, -0.2) is 46.1 Å². The molecule has 3 aromatic rings. The first-order valence-electron chi connectivity index (χ1n) is 11.3. The van der Waals surface area contributed by atoms with E-state index in [2.05, 4.69) is 5.32 Å². The number of nitro groups is 1. The number of carbonyl (C=O) groups is 4. The number of non-ortho nitro benzene ring substituents is 1. The number of nitrogens with one attached hydrogen (secondary N) is 1. The average Bonchev–Trinajstić information content (AvgIpc) is 2.86. The number of nitro benzene ring substituents is 1. The van der Waals surface area contributed by atoms with E-state index in [1.165, 1.54) is 36.4 Å². The van der Waals surface area contributed by atoms with Crippen molar-refractivity contribution in [2.24, 2.45) is 0 Å². The number of hydrogen-bond donors (Lipinski definition) is 2. The van der Waals surface area contributed by atoms with E-state index in [1.54, 1.807) is 45.0 Å². The van der Waals surface area contributed by atoms with Gasteiger partial charge in [0.05, 0.1) is 21.7 Å². The Morgan fingerprint density at radius 1 is 0.816 bits per heavy atom. The Labute approximate surface area is 217 Å². The minimum atomic E-state index is -2.24. The zero-order valence-corrected chi connectivity index (χ0v) is 20.7. The maximum absolute atomic E-state index is 13.3. The molecule has 38 heavy (non-hydrogen) atoms. The van der Waals surface area contributed by atoms with Gasteiger partial charge in [0.15, 0.2) is 0 Å². The molecule has 0 saturated heterocycles. The van der Waals surface area contributed by atoms with Gasteiger partial charge in [-0.2, -0.15) is 0 Å². The van der Waals surface area contributed by atoms with Crippen LogP contribution in [0, 0.1) is 30.9 Å². The summed E-state index contributed by atoms with van der Waals surface area (Å²) in [5.41, 5.74) is 1.52. The van der Waals surface area contributed by atoms with Crippen LogP contribution >= 0.6 is 0 Å². The Balaban J connectivity index is 1.98. The van der Waals surface area contributed by atoms with Crippen molar-refractivity contribution < 1.29 is 38.7 Å². The third kappa shape index (κ3) is 6.78. The van der Waals surface area contributed by atoms with E-state index in [0.29, 0.717) is 16.7 Å². The van der Waals surface area contributed by atoms with Crippen LogP contribution in [0.4, 0.5) is 11.4 Å². The molecule has 196 valence electrons. The quantitative estimate of drug-likeness (QED) is 0.241. The van der Waals surface area contributed by atoms with E-state index in [4.69, 9.17) is 9.47 Å². The highest BCUT2D eigenvalue weighted by atomic mass is 16.6. The van der Waals surface area contributed by atoms with Gasteiger partial charge in [-0.15, -0.1) is 0 Å². The molecule has 0 aliphatic carbocycles. The van der Waals surface area contributed by atoms with Crippen LogP contribution in [0.5, 0.6) is 0 Å². The van der Waals surface area contributed by atoms with Crippen LogP contribution in [0.1, 0.15) is 37.4 Å². The van der Waals surface area contributed by atoms with Crippen molar-refractivity contribution >= 4 is 35.2 Å². The number of carboxylic acid groups (broad SMARTS) is 1. The lowest BCUT2D eigenvalue weighted by molar-refractivity contribution is -0.384. The zero-order chi connectivity index (χ0) is 28.0. The van der Waals surface area contributed by atoms with Crippen LogP contribution < -0.4 is 5.32 Å². The van der Waals surface area contributed by atoms with Crippen LogP contribution in [0.15, 0.2) is 66.7 Å². The van der Waals surface area contributed by atoms with Crippen molar-refractivity contribution in [3.63, 3.8) is 0 Å². The third-order valence-corrected chi connectivity index (χ3v) is 5.44. The molecule has 0 fully saturated rings. The molecule has 0 aliphatic rings. The van der Waals surface area contributed by atoms with Gasteiger partial charge in [0.2, 0.25) is 12.2 Å². The van der Waals surface area contributed by atoms with Crippen LogP contribution in [0.25, 0.3) is 0 Å². The van der Waals surface area contributed by atoms with Crippen molar-refractivity contribution in [1.82, 2.24) is 0 Å². The molecule has 11 heteroatoms. The lowest BCUT2D eigenvalue weighted by Crippen LogP contribution is -2.48. The highest BCUT2D eigenvalue weighted by Crippen LogP contribution is 2.23. The summed E-state index contributed by atoms with van der Waals surface area (Å²) in [7, 11) is 0. The summed E-state index contributed by atoms with van der Waals surface area (Å²) in [5.74, 6) is -5.02. The minimum absolute atomic E-state index is 0.0186. The van der Waals surface area contributed by atoms with Crippen molar-refractivity contribution in [1.29, 1.82) is 0 Å². The average molecular weight is 520 g/mol. The summed E-state index contributed by atoms with van der Waals surface area (Å²) in [5, 5.41) is 23.4. The van der Waals surface area contributed by atoms with E-state index in [9.17, 15) is 34.4 Å². The number of rotatable bonds is 9. The van der Waals surface area contributed by atoms with Gasteiger partial charge in [0.1, 0.15) is 0 Å². The number of anilines is 1. The molecule has 0 radical (unpaired) electrons. The molecule has 3 aromatic carbocycles. The molecule has 2 atom stereocenters. The second kappa shape index (κ2) is 11.8. The Hall–Kier alpha value is -5.06. The topological polar surface area (TPSA) is 162 Å². The lowest BCUT2D eigenvalue weighted by Gasteiger charge is -2.24. The molecular weight excluding hydrogens is 496 g/mol. The number of aryl methyl sites for hydroxylation is 3. The fourth-order valence-electron chi connectivity index (χ4n) is 3.47. The monoisotopic (exact) mass is 520 g/mol. The van der Waals surface area contributed by atoms with Gasteiger partial charge in [0.25, 0.3) is 11.6 Å². The molecule has 2 N–H and O–H groups in total. The molecule has 0 aliphatic heterocycles. The summed E-state index contributed by atoms with van der Waals surface area (Å²) in [4.78, 5) is 61.6. The number of benzene rings is 3. The van der Waals surface area contributed by atoms with Crippen LogP contribution in [0.2, 0.25) is 0 Å². The molecule has 0 heterocycles. The molecule has 0 aromatic heterocycles. The standard InChI is InChI=1S/C27H24N2O9/c1-15-6-4-8-18(12-15)26(33)37-22(24(30)28-21-14-20(29(35)36)11-10-17(21)3)23(25(31)32)38-27(34)19-9-5-7-16(2)13-19/h4-14,22-23H,1-3H3,(H,28,30)(H,31,32)/t22-,23+/m1/s1. The van der Waals surface area contributed by atoms with Crippen molar-refractivity contribution in [2.75, 3.05) is 5.32 Å². The van der Waals surface area contributed by atoms with E-state index in [-0.39, 0.29) is 22.5 Å². The molecule has 11 nitrogen and oxygen atoms in total. The Kier molecular flexibility index (Phi) is 8.54. The highest BCUT2D eigenvalue weighted by molar-refractivity contribution is 6.02. The second-order valence-corrected chi connectivity index (χ2v) is 8.47.